The Bertz CT molecular complexity index is 413. The second-order valence-corrected chi connectivity index (χ2v) is 4.64. The highest BCUT2D eigenvalue weighted by Gasteiger charge is 2.09. The molecule has 1 aromatic rings. The predicted octanol–water partition coefficient (Wildman–Crippen LogP) is 3.12. The molecule has 18 heavy (non-hydrogen) atoms. The standard InChI is InChI=1S/C15H23NO2/c1-5-6-7-15(17)16-10-13-12(3)8-11(2)9-14(13)18-4/h8-9H,5-7,10H2,1-4H3,(H,16,17). The second kappa shape index (κ2) is 7.04. The average Bonchev–Trinajstić information content (AvgIpc) is 2.34. The number of methoxy groups -OCH3 is 1. The third-order valence-electron chi connectivity index (χ3n) is 3.02. The zero-order valence-electron chi connectivity index (χ0n) is 11.8. The van der Waals surface area contributed by atoms with Crippen LogP contribution in [-0.4, -0.2) is 13.0 Å². The summed E-state index contributed by atoms with van der Waals surface area (Å²) in [5.41, 5.74) is 3.39. The summed E-state index contributed by atoms with van der Waals surface area (Å²) in [4.78, 5) is 11.6. The van der Waals surface area contributed by atoms with Crippen LogP contribution in [0.3, 0.4) is 0 Å². The van der Waals surface area contributed by atoms with Gasteiger partial charge >= 0.3 is 0 Å². The van der Waals surface area contributed by atoms with Crippen LogP contribution in [0.1, 0.15) is 42.9 Å². The predicted molar refractivity (Wildman–Crippen MR) is 73.8 cm³/mol. The van der Waals surface area contributed by atoms with Crippen molar-refractivity contribution in [1.29, 1.82) is 0 Å². The summed E-state index contributed by atoms with van der Waals surface area (Å²) in [5, 5.41) is 2.95. The molecule has 0 heterocycles. The number of amides is 1. The normalized spacial score (nSPS) is 10.2. The SMILES string of the molecule is CCCCC(=O)NCc1c(C)cc(C)cc1OC. The van der Waals surface area contributed by atoms with Crippen LogP contribution in [0.15, 0.2) is 12.1 Å². The van der Waals surface area contributed by atoms with Crippen LogP contribution in [0.4, 0.5) is 0 Å². The van der Waals surface area contributed by atoms with Crippen molar-refractivity contribution in [1.82, 2.24) is 5.32 Å². The molecule has 1 rings (SSSR count). The lowest BCUT2D eigenvalue weighted by Gasteiger charge is -2.13. The summed E-state index contributed by atoms with van der Waals surface area (Å²) in [6.45, 7) is 6.71. The van der Waals surface area contributed by atoms with Crippen LogP contribution in [-0.2, 0) is 11.3 Å². The lowest BCUT2D eigenvalue weighted by molar-refractivity contribution is -0.121. The molecule has 0 unspecified atom stereocenters. The number of unbranched alkanes of at least 4 members (excludes halogenated alkanes) is 1. The van der Waals surface area contributed by atoms with E-state index in [1.165, 1.54) is 5.56 Å². The maximum Gasteiger partial charge on any atom is 0.220 e. The minimum atomic E-state index is 0.110. The molecule has 3 heteroatoms. The van der Waals surface area contributed by atoms with Gasteiger partial charge in [-0.05, 0) is 37.5 Å². The van der Waals surface area contributed by atoms with E-state index in [2.05, 4.69) is 18.3 Å². The maximum atomic E-state index is 11.6. The van der Waals surface area contributed by atoms with E-state index in [1.807, 2.05) is 19.9 Å². The van der Waals surface area contributed by atoms with Crippen LogP contribution in [0.2, 0.25) is 0 Å². The number of carbonyl (C=O) groups excluding carboxylic acids is 1. The van der Waals surface area contributed by atoms with E-state index in [4.69, 9.17) is 4.74 Å². The zero-order chi connectivity index (χ0) is 13.5. The molecule has 0 fully saturated rings. The third-order valence-corrected chi connectivity index (χ3v) is 3.02. The van der Waals surface area contributed by atoms with Crippen molar-refractivity contribution in [3.8, 4) is 5.75 Å². The summed E-state index contributed by atoms with van der Waals surface area (Å²) in [5.74, 6) is 0.960. The van der Waals surface area contributed by atoms with Gasteiger partial charge in [0.15, 0.2) is 0 Å². The quantitative estimate of drug-likeness (QED) is 0.841. The first-order valence-corrected chi connectivity index (χ1v) is 6.49. The number of hydrogen-bond donors (Lipinski definition) is 1. The topological polar surface area (TPSA) is 38.3 Å². The van der Waals surface area contributed by atoms with Crippen LogP contribution < -0.4 is 10.1 Å². The molecule has 3 nitrogen and oxygen atoms in total. The van der Waals surface area contributed by atoms with E-state index in [0.29, 0.717) is 13.0 Å². The number of hydrogen-bond acceptors (Lipinski definition) is 2. The van der Waals surface area contributed by atoms with Crippen LogP contribution in [0.5, 0.6) is 5.75 Å². The number of benzene rings is 1. The largest absolute Gasteiger partial charge is 0.496 e. The third kappa shape index (κ3) is 4.06. The van der Waals surface area contributed by atoms with Crippen LogP contribution in [0.25, 0.3) is 0 Å². The van der Waals surface area contributed by atoms with Gasteiger partial charge in [0.25, 0.3) is 0 Å². The Kier molecular flexibility index (Phi) is 5.69. The molecule has 0 bridgehead atoms. The fraction of sp³-hybridized carbons (Fsp3) is 0.533. The van der Waals surface area contributed by atoms with E-state index >= 15 is 0 Å². The molecular formula is C15H23NO2. The first-order valence-electron chi connectivity index (χ1n) is 6.49. The van der Waals surface area contributed by atoms with Crippen molar-refractivity contribution in [2.45, 2.75) is 46.6 Å². The monoisotopic (exact) mass is 249 g/mol. The van der Waals surface area contributed by atoms with Gasteiger partial charge in [-0.1, -0.05) is 19.4 Å². The molecule has 0 saturated carbocycles. The fourth-order valence-electron chi connectivity index (χ4n) is 1.98. The molecule has 0 aliphatic carbocycles. The molecule has 0 aliphatic rings. The summed E-state index contributed by atoms with van der Waals surface area (Å²) in [7, 11) is 1.66. The average molecular weight is 249 g/mol. The fourth-order valence-corrected chi connectivity index (χ4v) is 1.98. The molecular weight excluding hydrogens is 226 g/mol. The number of ether oxygens (including phenoxy) is 1. The Morgan fingerprint density at radius 3 is 2.67 bits per heavy atom. The molecule has 0 saturated heterocycles. The van der Waals surface area contributed by atoms with Crippen molar-refractivity contribution in [2.75, 3.05) is 7.11 Å². The highest BCUT2D eigenvalue weighted by molar-refractivity contribution is 5.75. The highest BCUT2D eigenvalue weighted by Crippen LogP contribution is 2.23. The Hall–Kier alpha value is -1.51. The number of aryl methyl sites for hydroxylation is 2. The van der Waals surface area contributed by atoms with Crippen molar-refractivity contribution in [2.24, 2.45) is 0 Å². The van der Waals surface area contributed by atoms with Gasteiger partial charge < -0.3 is 10.1 Å². The lowest BCUT2D eigenvalue weighted by Crippen LogP contribution is -2.23. The molecule has 0 radical (unpaired) electrons. The van der Waals surface area contributed by atoms with E-state index in [0.717, 1.165) is 29.7 Å². The summed E-state index contributed by atoms with van der Waals surface area (Å²) in [6.07, 6.45) is 2.58. The van der Waals surface area contributed by atoms with Crippen molar-refractivity contribution < 1.29 is 9.53 Å². The van der Waals surface area contributed by atoms with Gasteiger partial charge in [-0.2, -0.15) is 0 Å². The Balaban J connectivity index is 2.69. The molecule has 0 aromatic heterocycles. The van der Waals surface area contributed by atoms with Crippen molar-refractivity contribution in [3.05, 3.63) is 28.8 Å². The summed E-state index contributed by atoms with van der Waals surface area (Å²) in [6, 6.07) is 4.11. The van der Waals surface area contributed by atoms with Crippen molar-refractivity contribution in [3.63, 3.8) is 0 Å². The Morgan fingerprint density at radius 1 is 1.33 bits per heavy atom. The van der Waals surface area contributed by atoms with Gasteiger partial charge in [0.1, 0.15) is 5.75 Å². The number of rotatable bonds is 6. The van der Waals surface area contributed by atoms with E-state index in [1.54, 1.807) is 7.11 Å². The van der Waals surface area contributed by atoms with Crippen LogP contribution in [0, 0.1) is 13.8 Å². The molecule has 1 amide bonds. The molecule has 0 spiro atoms. The molecule has 1 aromatic carbocycles. The van der Waals surface area contributed by atoms with Gasteiger partial charge in [0.05, 0.1) is 7.11 Å². The molecule has 0 aliphatic heterocycles. The Labute approximate surface area is 110 Å². The summed E-state index contributed by atoms with van der Waals surface area (Å²) >= 11 is 0. The first kappa shape index (κ1) is 14.6. The van der Waals surface area contributed by atoms with E-state index in [9.17, 15) is 4.79 Å². The Morgan fingerprint density at radius 2 is 2.06 bits per heavy atom. The molecule has 1 N–H and O–H groups in total. The summed E-state index contributed by atoms with van der Waals surface area (Å²) < 4.78 is 5.37. The van der Waals surface area contributed by atoms with Gasteiger partial charge in [0.2, 0.25) is 5.91 Å². The maximum absolute atomic E-state index is 11.6. The van der Waals surface area contributed by atoms with Gasteiger partial charge in [-0.25, -0.2) is 0 Å². The van der Waals surface area contributed by atoms with Crippen LogP contribution >= 0.6 is 0 Å². The van der Waals surface area contributed by atoms with Crippen molar-refractivity contribution >= 4 is 5.91 Å². The minimum absolute atomic E-state index is 0.110. The van der Waals surface area contributed by atoms with E-state index < -0.39 is 0 Å². The smallest absolute Gasteiger partial charge is 0.220 e. The number of nitrogens with one attached hydrogen (secondary N) is 1. The second-order valence-electron chi connectivity index (χ2n) is 4.64. The molecule has 100 valence electrons. The van der Waals surface area contributed by atoms with Gasteiger partial charge in [-0.15, -0.1) is 0 Å². The number of carbonyl (C=O) groups is 1. The first-order chi connectivity index (χ1) is 8.58. The van der Waals surface area contributed by atoms with Gasteiger partial charge in [-0.3, -0.25) is 4.79 Å². The zero-order valence-corrected chi connectivity index (χ0v) is 11.8. The highest BCUT2D eigenvalue weighted by atomic mass is 16.5. The van der Waals surface area contributed by atoms with E-state index in [-0.39, 0.29) is 5.91 Å². The minimum Gasteiger partial charge on any atom is -0.496 e. The van der Waals surface area contributed by atoms with Gasteiger partial charge in [0, 0.05) is 18.5 Å². The lowest BCUT2D eigenvalue weighted by atomic mass is 10.0. The molecule has 0 atom stereocenters.